The van der Waals surface area contributed by atoms with Crippen LogP contribution in [0.3, 0.4) is 0 Å². The molecule has 0 bridgehead atoms. The maximum Gasteiger partial charge on any atom is 0.0596 e. The SMILES string of the molecule is Cc1cc2c(n1Cc1ccccc1)C=C1CC[C@H]3[C@@H]4CC[C@H](O)[C@@]4(C)CC[C@@H]3[C@@]1(C)C2. The number of nitrogens with zero attached hydrogens (tertiary/aromatic N) is 1. The number of fused-ring (bicyclic) bond motifs is 6. The molecular weight excluding hydrogens is 378 g/mol. The second-order valence-corrected chi connectivity index (χ2v) is 11.6. The normalized spacial score (nSPS) is 38.6. The Labute approximate surface area is 187 Å². The van der Waals surface area contributed by atoms with Crippen molar-refractivity contribution in [2.75, 3.05) is 0 Å². The summed E-state index contributed by atoms with van der Waals surface area (Å²) in [5.41, 5.74) is 7.97. The van der Waals surface area contributed by atoms with E-state index in [0.717, 1.165) is 30.7 Å². The molecule has 3 fully saturated rings. The van der Waals surface area contributed by atoms with E-state index < -0.39 is 0 Å². The van der Waals surface area contributed by atoms with E-state index in [1.807, 2.05) is 0 Å². The highest BCUT2D eigenvalue weighted by Gasteiger charge is 2.58. The minimum absolute atomic E-state index is 0.0733. The maximum absolute atomic E-state index is 10.7. The molecule has 2 aromatic rings. The zero-order chi connectivity index (χ0) is 21.4. The molecule has 2 nitrogen and oxygen atoms in total. The molecule has 0 saturated heterocycles. The average Bonchev–Trinajstić information content (AvgIpc) is 3.22. The molecule has 3 saturated carbocycles. The first kappa shape index (κ1) is 19.9. The summed E-state index contributed by atoms with van der Waals surface area (Å²) < 4.78 is 2.54. The van der Waals surface area contributed by atoms with Gasteiger partial charge in [-0.25, -0.2) is 0 Å². The fourth-order valence-corrected chi connectivity index (χ4v) is 8.40. The highest BCUT2D eigenvalue weighted by molar-refractivity contribution is 5.61. The first-order valence-corrected chi connectivity index (χ1v) is 12.5. The van der Waals surface area contributed by atoms with Crippen molar-refractivity contribution >= 4 is 6.08 Å². The Morgan fingerprint density at radius 1 is 1.03 bits per heavy atom. The Morgan fingerprint density at radius 2 is 1.84 bits per heavy atom. The number of allylic oxidation sites excluding steroid dienone is 1. The monoisotopic (exact) mass is 415 g/mol. The number of benzene rings is 1. The van der Waals surface area contributed by atoms with Crippen LogP contribution in [0.4, 0.5) is 0 Å². The summed E-state index contributed by atoms with van der Waals surface area (Å²) in [6.07, 6.45) is 11.1. The zero-order valence-electron chi connectivity index (χ0n) is 19.4. The Bertz CT molecular complexity index is 1030. The van der Waals surface area contributed by atoms with Gasteiger partial charge in [0.1, 0.15) is 0 Å². The quantitative estimate of drug-likeness (QED) is 0.604. The van der Waals surface area contributed by atoms with Gasteiger partial charge in [0, 0.05) is 17.9 Å². The predicted molar refractivity (Wildman–Crippen MR) is 127 cm³/mol. The second-order valence-electron chi connectivity index (χ2n) is 11.6. The molecule has 1 N–H and O–H groups in total. The largest absolute Gasteiger partial charge is 0.393 e. The number of aliphatic hydroxyl groups is 1. The molecule has 6 atom stereocenters. The van der Waals surface area contributed by atoms with Crippen LogP contribution in [-0.4, -0.2) is 15.8 Å². The molecule has 1 aromatic carbocycles. The average molecular weight is 416 g/mol. The third-order valence-electron chi connectivity index (χ3n) is 10.2. The van der Waals surface area contributed by atoms with Gasteiger partial charge in [-0.3, -0.25) is 0 Å². The van der Waals surface area contributed by atoms with Gasteiger partial charge in [-0.15, -0.1) is 0 Å². The van der Waals surface area contributed by atoms with Crippen molar-refractivity contribution < 1.29 is 5.11 Å². The lowest BCUT2D eigenvalue weighted by atomic mass is 9.47. The Balaban J connectivity index is 1.35. The first-order valence-electron chi connectivity index (χ1n) is 12.5. The summed E-state index contributed by atoms with van der Waals surface area (Å²) in [5, 5.41) is 10.7. The summed E-state index contributed by atoms with van der Waals surface area (Å²) in [5.74, 6) is 2.30. The minimum Gasteiger partial charge on any atom is -0.393 e. The molecule has 31 heavy (non-hydrogen) atoms. The summed E-state index contributed by atoms with van der Waals surface area (Å²) in [6.45, 7) is 8.22. The fraction of sp³-hybridized carbons (Fsp3) is 0.586. The van der Waals surface area contributed by atoms with Crippen molar-refractivity contribution in [1.82, 2.24) is 4.57 Å². The van der Waals surface area contributed by atoms with Crippen molar-refractivity contribution in [3.63, 3.8) is 0 Å². The van der Waals surface area contributed by atoms with Crippen molar-refractivity contribution in [3.8, 4) is 0 Å². The van der Waals surface area contributed by atoms with Gasteiger partial charge < -0.3 is 9.67 Å². The maximum atomic E-state index is 10.7. The molecule has 1 aromatic heterocycles. The number of hydrogen-bond acceptors (Lipinski definition) is 1. The van der Waals surface area contributed by atoms with Crippen LogP contribution in [-0.2, 0) is 13.0 Å². The zero-order valence-corrected chi connectivity index (χ0v) is 19.4. The molecule has 0 amide bonds. The molecule has 0 aliphatic heterocycles. The molecule has 4 aliphatic carbocycles. The molecule has 2 heteroatoms. The highest BCUT2D eigenvalue weighted by atomic mass is 16.3. The van der Waals surface area contributed by atoms with Crippen LogP contribution in [0, 0.1) is 35.5 Å². The molecular formula is C29H37NO. The summed E-state index contributed by atoms with van der Waals surface area (Å²) >= 11 is 0. The van der Waals surface area contributed by atoms with Gasteiger partial charge in [-0.05, 0) is 104 Å². The predicted octanol–water partition coefficient (Wildman–Crippen LogP) is 6.39. The van der Waals surface area contributed by atoms with Crippen LogP contribution in [0.2, 0.25) is 0 Å². The van der Waals surface area contributed by atoms with E-state index in [0.29, 0.717) is 5.41 Å². The Hall–Kier alpha value is -1.80. The number of aromatic nitrogens is 1. The lowest BCUT2D eigenvalue weighted by Gasteiger charge is -2.57. The van der Waals surface area contributed by atoms with Crippen molar-refractivity contribution in [2.45, 2.75) is 78.4 Å². The summed E-state index contributed by atoms with van der Waals surface area (Å²) in [7, 11) is 0. The van der Waals surface area contributed by atoms with Gasteiger partial charge in [0.15, 0.2) is 0 Å². The minimum atomic E-state index is -0.0733. The van der Waals surface area contributed by atoms with Crippen LogP contribution in [0.25, 0.3) is 6.08 Å². The highest BCUT2D eigenvalue weighted by Crippen LogP contribution is 2.65. The Kier molecular flexibility index (Phi) is 4.39. The number of hydrogen-bond donors (Lipinski definition) is 1. The van der Waals surface area contributed by atoms with Crippen molar-refractivity contribution in [2.24, 2.45) is 28.6 Å². The summed E-state index contributed by atoms with van der Waals surface area (Å²) in [6, 6.07) is 13.3. The molecule has 164 valence electrons. The van der Waals surface area contributed by atoms with Crippen molar-refractivity contribution in [1.29, 1.82) is 0 Å². The van der Waals surface area contributed by atoms with E-state index in [-0.39, 0.29) is 11.5 Å². The van der Waals surface area contributed by atoms with E-state index in [4.69, 9.17) is 0 Å². The topological polar surface area (TPSA) is 25.2 Å². The van der Waals surface area contributed by atoms with Gasteiger partial charge in [0.25, 0.3) is 0 Å². The lowest BCUT2D eigenvalue weighted by Crippen LogP contribution is -2.51. The molecule has 0 radical (unpaired) electrons. The van der Waals surface area contributed by atoms with E-state index in [9.17, 15) is 5.11 Å². The molecule has 6 rings (SSSR count). The number of rotatable bonds is 2. The van der Waals surface area contributed by atoms with Crippen LogP contribution in [0.15, 0.2) is 42.0 Å². The van der Waals surface area contributed by atoms with Gasteiger partial charge in [0.05, 0.1) is 6.10 Å². The van der Waals surface area contributed by atoms with E-state index in [2.05, 4.69) is 67.8 Å². The van der Waals surface area contributed by atoms with E-state index in [1.54, 1.807) is 11.1 Å². The smallest absolute Gasteiger partial charge is 0.0596 e. The van der Waals surface area contributed by atoms with Gasteiger partial charge in [-0.2, -0.15) is 0 Å². The third-order valence-corrected chi connectivity index (χ3v) is 10.2. The lowest BCUT2D eigenvalue weighted by molar-refractivity contribution is -0.0704. The fourth-order valence-electron chi connectivity index (χ4n) is 8.40. The van der Waals surface area contributed by atoms with E-state index >= 15 is 0 Å². The molecule has 0 unspecified atom stereocenters. The van der Waals surface area contributed by atoms with Gasteiger partial charge >= 0.3 is 0 Å². The first-order chi connectivity index (χ1) is 14.9. The van der Waals surface area contributed by atoms with E-state index in [1.165, 1.54) is 55.5 Å². The molecule has 4 aliphatic rings. The summed E-state index contributed by atoms with van der Waals surface area (Å²) in [4.78, 5) is 0. The van der Waals surface area contributed by atoms with Crippen LogP contribution < -0.4 is 0 Å². The van der Waals surface area contributed by atoms with Crippen molar-refractivity contribution in [3.05, 3.63) is 64.5 Å². The number of aryl methyl sites for hydroxylation is 1. The Morgan fingerprint density at radius 3 is 2.65 bits per heavy atom. The standard InChI is InChI=1S/C29H37NO/c1-19-15-21-17-29(3)22(16-26(21)30(19)18-20-7-5-4-6-8-20)9-10-23-24-11-12-27(31)28(24,2)14-13-25(23)29/h4-8,15-16,23-25,27,31H,9-14,17-18H2,1-3H3/t23-,24-,25-,27-,28-,29-/m0/s1. The van der Waals surface area contributed by atoms with Crippen LogP contribution in [0.1, 0.15) is 74.9 Å². The van der Waals surface area contributed by atoms with Gasteiger partial charge in [-0.1, -0.05) is 49.8 Å². The van der Waals surface area contributed by atoms with Crippen LogP contribution >= 0.6 is 0 Å². The molecule has 0 spiro atoms. The number of aliphatic hydroxyl groups excluding tert-OH is 1. The van der Waals surface area contributed by atoms with Gasteiger partial charge in [0.2, 0.25) is 0 Å². The molecule has 1 heterocycles. The third kappa shape index (κ3) is 2.80. The van der Waals surface area contributed by atoms with Crippen LogP contribution in [0.5, 0.6) is 0 Å². The second kappa shape index (κ2) is 6.85.